The number of carbonyl (C=O) groups is 2. The minimum absolute atomic E-state index is 0.0862. The van der Waals surface area contributed by atoms with Gasteiger partial charge in [0.05, 0.1) is 21.3 Å². The minimum Gasteiger partial charge on any atom is -0.478 e. The van der Waals surface area contributed by atoms with Crippen LogP contribution in [0.3, 0.4) is 0 Å². The third-order valence-electron chi connectivity index (χ3n) is 2.33. The quantitative estimate of drug-likeness (QED) is 0.811. The second-order valence-corrected chi connectivity index (χ2v) is 4.47. The predicted molar refractivity (Wildman–Crippen MR) is 65.0 cm³/mol. The molecule has 0 fully saturated rings. The maximum absolute atomic E-state index is 13.9. The Morgan fingerprint density at radius 1 is 1.40 bits per heavy atom. The second kappa shape index (κ2) is 5.78. The van der Waals surface area contributed by atoms with Crippen LogP contribution in [-0.4, -0.2) is 17.0 Å². The van der Waals surface area contributed by atoms with Gasteiger partial charge in [0.15, 0.2) is 5.82 Å². The van der Waals surface area contributed by atoms with Crippen LogP contribution in [0.5, 0.6) is 0 Å². The summed E-state index contributed by atoms with van der Waals surface area (Å²) in [7, 11) is 0. The fourth-order valence-corrected chi connectivity index (χ4v) is 1.89. The third-order valence-corrected chi connectivity index (χ3v) is 3.10. The molecule has 0 bridgehead atoms. The number of carboxylic acid groups (broad SMARTS) is 1. The molecule has 0 atom stereocenters. The number of nitrogens with one attached hydrogen (secondary N) is 1. The molecular formula is C11H8BrF4NO3. The van der Waals surface area contributed by atoms with Crippen LogP contribution in [0.1, 0.15) is 29.3 Å². The number of aromatic carboxylic acids is 1. The van der Waals surface area contributed by atoms with E-state index in [0.717, 1.165) is 0 Å². The number of carboxylic acids is 1. The number of rotatable bonds is 3. The summed E-state index contributed by atoms with van der Waals surface area (Å²) >= 11 is 2.42. The lowest BCUT2D eigenvalue weighted by Gasteiger charge is -2.15. The molecule has 0 aliphatic heterocycles. The highest BCUT2D eigenvalue weighted by Crippen LogP contribution is 2.40. The van der Waals surface area contributed by atoms with Crippen molar-refractivity contribution in [2.45, 2.75) is 19.5 Å². The van der Waals surface area contributed by atoms with Crippen molar-refractivity contribution in [3.8, 4) is 0 Å². The van der Waals surface area contributed by atoms with Crippen LogP contribution in [0.15, 0.2) is 10.5 Å². The zero-order valence-electron chi connectivity index (χ0n) is 9.94. The Kier molecular flexibility index (Phi) is 4.74. The first-order valence-electron chi connectivity index (χ1n) is 5.21. The summed E-state index contributed by atoms with van der Waals surface area (Å²) in [5.41, 5.74) is -3.24. The lowest BCUT2D eigenvalue weighted by Crippen LogP contribution is -2.18. The van der Waals surface area contributed by atoms with Gasteiger partial charge >= 0.3 is 12.1 Å². The largest absolute Gasteiger partial charge is 0.478 e. The van der Waals surface area contributed by atoms with Crippen LogP contribution in [0.4, 0.5) is 23.2 Å². The second-order valence-electron chi connectivity index (χ2n) is 3.68. The van der Waals surface area contributed by atoms with Crippen LogP contribution in [0, 0.1) is 5.82 Å². The van der Waals surface area contributed by atoms with Crippen LogP contribution in [-0.2, 0) is 11.0 Å². The zero-order chi connectivity index (χ0) is 15.7. The molecule has 1 aromatic rings. The number of benzene rings is 1. The number of alkyl halides is 3. The normalized spacial score (nSPS) is 11.3. The molecular weight excluding hydrogens is 350 g/mol. The molecule has 0 saturated heterocycles. The van der Waals surface area contributed by atoms with Crippen molar-refractivity contribution in [2.75, 3.05) is 5.32 Å². The summed E-state index contributed by atoms with van der Waals surface area (Å²) in [5.74, 6) is -4.00. The Balaban J connectivity index is 3.57. The average Bonchev–Trinajstić information content (AvgIpc) is 2.32. The molecule has 1 rings (SSSR count). The standard InChI is InChI=1S/C11H8BrF4NO3/c1-2-6(18)17-9-4(10(19)20)3-5(11(14,15)16)7(12)8(9)13/h3H,2H2,1H3,(H,17,18)(H,19,20). The Morgan fingerprint density at radius 2 is 1.95 bits per heavy atom. The van der Waals surface area contributed by atoms with Gasteiger partial charge in [-0.1, -0.05) is 6.92 Å². The molecule has 0 aliphatic rings. The molecule has 2 N–H and O–H groups in total. The zero-order valence-corrected chi connectivity index (χ0v) is 11.5. The van der Waals surface area contributed by atoms with Crippen LogP contribution in [0.25, 0.3) is 0 Å². The molecule has 1 amide bonds. The highest BCUT2D eigenvalue weighted by Gasteiger charge is 2.37. The molecule has 0 spiro atoms. The first-order chi connectivity index (χ1) is 9.09. The Morgan fingerprint density at radius 3 is 2.35 bits per heavy atom. The molecule has 110 valence electrons. The predicted octanol–water partition coefficient (Wildman–Crippen LogP) is 3.65. The van der Waals surface area contributed by atoms with Gasteiger partial charge in [-0.3, -0.25) is 4.79 Å². The van der Waals surface area contributed by atoms with Crippen molar-refractivity contribution in [3.05, 3.63) is 27.5 Å². The number of amides is 1. The first-order valence-corrected chi connectivity index (χ1v) is 6.01. The maximum Gasteiger partial charge on any atom is 0.417 e. The van der Waals surface area contributed by atoms with Gasteiger partial charge in [0.1, 0.15) is 0 Å². The van der Waals surface area contributed by atoms with Gasteiger partial charge in [-0.05, 0) is 22.0 Å². The van der Waals surface area contributed by atoms with Crippen molar-refractivity contribution < 1.29 is 32.3 Å². The topological polar surface area (TPSA) is 66.4 Å². The van der Waals surface area contributed by atoms with Gasteiger partial charge in [-0.15, -0.1) is 0 Å². The van der Waals surface area contributed by atoms with Gasteiger partial charge in [0.2, 0.25) is 5.91 Å². The van der Waals surface area contributed by atoms with E-state index >= 15 is 0 Å². The molecule has 20 heavy (non-hydrogen) atoms. The van der Waals surface area contributed by atoms with Gasteiger partial charge in [-0.25, -0.2) is 9.18 Å². The number of hydrogen-bond acceptors (Lipinski definition) is 2. The summed E-state index contributed by atoms with van der Waals surface area (Å²) in [6.07, 6.45) is -5.02. The lowest BCUT2D eigenvalue weighted by molar-refractivity contribution is -0.138. The SMILES string of the molecule is CCC(=O)Nc1c(C(=O)O)cc(C(F)(F)F)c(Br)c1F. The number of anilines is 1. The van der Waals surface area contributed by atoms with E-state index in [2.05, 4.69) is 15.9 Å². The van der Waals surface area contributed by atoms with E-state index in [0.29, 0.717) is 0 Å². The van der Waals surface area contributed by atoms with E-state index in [1.54, 1.807) is 0 Å². The summed E-state index contributed by atoms with van der Waals surface area (Å²) in [4.78, 5) is 22.1. The molecule has 4 nitrogen and oxygen atoms in total. The van der Waals surface area contributed by atoms with Gasteiger partial charge in [0, 0.05) is 6.42 Å². The summed E-state index contributed by atoms with van der Waals surface area (Å²) < 4.78 is 50.9. The molecule has 0 aliphatic carbocycles. The molecule has 0 radical (unpaired) electrons. The van der Waals surface area contributed by atoms with E-state index in [1.807, 2.05) is 5.32 Å². The van der Waals surface area contributed by atoms with Gasteiger partial charge in [0.25, 0.3) is 0 Å². The highest BCUT2D eigenvalue weighted by molar-refractivity contribution is 9.10. The van der Waals surface area contributed by atoms with E-state index in [-0.39, 0.29) is 12.5 Å². The van der Waals surface area contributed by atoms with Gasteiger partial charge in [-0.2, -0.15) is 13.2 Å². The monoisotopic (exact) mass is 357 g/mol. The fraction of sp³-hybridized carbons (Fsp3) is 0.273. The van der Waals surface area contributed by atoms with E-state index in [9.17, 15) is 27.2 Å². The maximum atomic E-state index is 13.9. The van der Waals surface area contributed by atoms with Gasteiger partial charge < -0.3 is 10.4 Å². The Hall–Kier alpha value is -1.64. The molecule has 0 aromatic heterocycles. The number of halogens is 5. The number of hydrogen-bond donors (Lipinski definition) is 2. The summed E-state index contributed by atoms with van der Waals surface area (Å²) in [6.45, 7) is 1.42. The first kappa shape index (κ1) is 16.4. The van der Waals surface area contributed by atoms with Crippen molar-refractivity contribution in [1.29, 1.82) is 0 Å². The highest BCUT2D eigenvalue weighted by atomic mass is 79.9. The van der Waals surface area contributed by atoms with E-state index < -0.39 is 45.2 Å². The van der Waals surface area contributed by atoms with Crippen molar-refractivity contribution in [1.82, 2.24) is 0 Å². The Labute approximate surface area is 118 Å². The van der Waals surface area contributed by atoms with Crippen LogP contribution < -0.4 is 5.32 Å². The van der Waals surface area contributed by atoms with Crippen molar-refractivity contribution >= 4 is 33.5 Å². The summed E-state index contributed by atoms with van der Waals surface area (Å²) in [5, 5.41) is 10.8. The average molecular weight is 358 g/mol. The van der Waals surface area contributed by atoms with Crippen molar-refractivity contribution in [2.24, 2.45) is 0 Å². The smallest absolute Gasteiger partial charge is 0.417 e. The minimum atomic E-state index is -4.93. The number of carbonyl (C=O) groups excluding carboxylic acids is 1. The molecule has 0 heterocycles. The van der Waals surface area contributed by atoms with E-state index in [1.165, 1.54) is 6.92 Å². The molecule has 0 unspecified atom stereocenters. The van der Waals surface area contributed by atoms with E-state index in [4.69, 9.17) is 5.11 Å². The third kappa shape index (κ3) is 3.27. The van der Waals surface area contributed by atoms with Crippen LogP contribution in [0.2, 0.25) is 0 Å². The molecule has 9 heteroatoms. The lowest BCUT2D eigenvalue weighted by atomic mass is 10.1. The fourth-order valence-electron chi connectivity index (χ4n) is 1.35. The van der Waals surface area contributed by atoms with Crippen molar-refractivity contribution in [3.63, 3.8) is 0 Å². The summed E-state index contributed by atoms with van der Waals surface area (Å²) in [6, 6.07) is 0.265. The molecule has 0 saturated carbocycles. The van der Waals surface area contributed by atoms with Crippen LogP contribution >= 0.6 is 15.9 Å². The Bertz CT molecular complexity index is 572. The molecule has 1 aromatic carbocycles.